The van der Waals surface area contributed by atoms with Crippen molar-refractivity contribution in [2.45, 2.75) is 26.5 Å². The van der Waals surface area contributed by atoms with Crippen molar-refractivity contribution < 1.29 is 4.74 Å². The largest absolute Gasteiger partial charge is 0.367 e. The normalized spacial score (nSPS) is 18.3. The van der Waals surface area contributed by atoms with Gasteiger partial charge < -0.3 is 4.74 Å². The van der Waals surface area contributed by atoms with Crippen LogP contribution < -0.4 is 0 Å². The molecule has 1 saturated heterocycles. The summed E-state index contributed by atoms with van der Waals surface area (Å²) in [6, 6.07) is 11.2. The molecule has 3 heterocycles. The van der Waals surface area contributed by atoms with E-state index in [1.165, 1.54) is 26.4 Å². The quantitative estimate of drug-likeness (QED) is 0.707. The number of ether oxygens (including phenoxy) is 1. The van der Waals surface area contributed by atoms with E-state index in [1.54, 1.807) is 4.68 Å². The zero-order valence-corrected chi connectivity index (χ0v) is 16.2. The van der Waals surface area contributed by atoms with Gasteiger partial charge in [-0.1, -0.05) is 18.2 Å². The highest BCUT2D eigenvalue weighted by atomic mass is 32.1. The van der Waals surface area contributed by atoms with Crippen molar-refractivity contribution in [3.05, 3.63) is 52.2 Å². The van der Waals surface area contributed by atoms with Gasteiger partial charge in [-0.15, -0.1) is 16.4 Å². The Kier molecular flexibility index (Phi) is 4.84. The van der Waals surface area contributed by atoms with Crippen LogP contribution in [-0.2, 0) is 18.3 Å². The minimum Gasteiger partial charge on any atom is -0.367 e. The number of hydrogen-bond donors (Lipinski definition) is 0. The summed E-state index contributed by atoms with van der Waals surface area (Å²) in [5.74, 6) is 0.789. The lowest BCUT2D eigenvalue weighted by Gasteiger charge is -2.31. The van der Waals surface area contributed by atoms with E-state index < -0.39 is 0 Å². The van der Waals surface area contributed by atoms with Crippen LogP contribution in [0.25, 0.3) is 10.4 Å². The lowest BCUT2D eigenvalue weighted by molar-refractivity contribution is -0.0386. The van der Waals surface area contributed by atoms with E-state index in [2.05, 4.69) is 64.6 Å². The van der Waals surface area contributed by atoms with Gasteiger partial charge in [0.05, 0.1) is 6.61 Å². The number of thiophene rings is 1. The second-order valence-electron chi connectivity index (χ2n) is 6.82. The van der Waals surface area contributed by atoms with Gasteiger partial charge >= 0.3 is 0 Å². The van der Waals surface area contributed by atoms with Crippen LogP contribution in [0.5, 0.6) is 0 Å². The first-order valence-electron chi connectivity index (χ1n) is 8.82. The Morgan fingerprint density at radius 3 is 2.85 bits per heavy atom. The molecule has 1 aliphatic rings. The maximum Gasteiger partial charge on any atom is 0.181 e. The molecule has 2 aromatic heterocycles. The van der Waals surface area contributed by atoms with Crippen molar-refractivity contribution >= 4 is 11.3 Å². The molecule has 3 aromatic rings. The van der Waals surface area contributed by atoms with Crippen LogP contribution in [0.15, 0.2) is 30.3 Å². The first-order chi connectivity index (χ1) is 12.6. The SMILES string of the molecule is Cc1ccc(-c2ccc(CN3CCOC(c4nnnn4C)C3)s2)cc1C. The second kappa shape index (κ2) is 7.26. The average molecular weight is 369 g/mol. The summed E-state index contributed by atoms with van der Waals surface area (Å²) >= 11 is 1.87. The zero-order valence-electron chi connectivity index (χ0n) is 15.3. The molecule has 0 spiro atoms. The Morgan fingerprint density at radius 2 is 2.08 bits per heavy atom. The van der Waals surface area contributed by atoms with E-state index in [0.29, 0.717) is 6.61 Å². The molecule has 1 atom stereocenters. The van der Waals surface area contributed by atoms with Gasteiger partial charge in [-0.25, -0.2) is 4.68 Å². The molecule has 4 rings (SSSR count). The Labute approximate surface area is 157 Å². The Bertz CT molecular complexity index is 903. The van der Waals surface area contributed by atoms with Crippen molar-refractivity contribution in [2.24, 2.45) is 7.05 Å². The molecule has 26 heavy (non-hydrogen) atoms. The summed E-state index contributed by atoms with van der Waals surface area (Å²) in [7, 11) is 1.85. The van der Waals surface area contributed by atoms with Crippen LogP contribution in [0.3, 0.4) is 0 Å². The van der Waals surface area contributed by atoms with Crippen LogP contribution >= 0.6 is 11.3 Å². The third kappa shape index (κ3) is 3.56. The number of benzene rings is 1. The van der Waals surface area contributed by atoms with Crippen molar-refractivity contribution in [1.29, 1.82) is 0 Å². The lowest BCUT2D eigenvalue weighted by atomic mass is 10.1. The lowest BCUT2D eigenvalue weighted by Crippen LogP contribution is -2.38. The summed E-state index contributed by atoms with van der Waals surface area (Å²) < 4.78 is 7.56. The van der Waals surface area contributed by atoms with E-state index >= 15 is 0 Å². The van der Waals surface area contributed by atoms with Gasteiger partial charge in [0.25, 0.3) is 0 Å². The number of rotatable bonds is 4. The molecular weight excluding hydrogens is 346 g/mol. The molecule has 6 nitrogen and oxygen atoms in total. The topological polar surface area (TPSA) is 56.1 Å². The highest BCUT2D eigenvalue weighted by molar-refractivity contribution is 7.15. The average Bonchev–Trinajstić information content (AvgIpc) is 3.27. The predicted octanol–water partition coefficient (Wildman–Crippen LogP) is 3.13. The van der Waals surface area contributed by atoms with Gasteiger partial charge in [-0.2, -0.15) is 0 Å². The molecule has 0 radical (unpaired) electrons. The number of morpholine rings is 1. The van der Waals surface area contributed by atoms with Crippen molar-refractivity contribution in [3.8, 4) is 10.4 Å². The maximum absolute atomic E-state index is 5.87. The van der Waals surface area contributed by atoms with E-state index in [9.17, 15) is 0 Å². The van der Waals surface area contributed by atoms with Crippen molar-refractivity contribution in [1.82, 2.24) is 25.1 Å². The molecule has 0 bridgehead atoms. The highest BCUT2D eigenvalue weighted by Gasteiger charge is 2.26. The molecule has 0 N–H and O–H groups in total. The molecule has 1 aliphatic heterocycles. The Morgan fingerprint density at radius 1 is 1.19 bits per heavy atom. The van der Waals surface area contributed by atoms with E-state index in [4.69, 9.17) is 4.74 Å². The fourth-order valence-corrected chi connectivity index (χ4v) is 4.29. The van der Waals surface area contributed by atoms with E-state index in [0.717, 1.165) is 25.5 Å². The van der Waals surface area contributed by atoms with Gasteiger partial charge in [-0.05, 0) is 53.1 Å². The fourth-order valence-electron chi connectivity index (χ4n) is 3.24. The van der Waals surface area contributed by atoms with Gasteiger partial charge in [0.15, 0.2) is 5.82 Å². The molecular formula is C19H23N5OS. The Hall–Kier alpha value is -2.09. The molecule has 136 valence electrons. The predicted molar refractivity (Wildman–Crippen MR) is 102 cm³/mol. The minimum atomic E-state index is -0.0667. The summed E-state index contributed by atoms with van der Waals surface area (Å²) in [5.41, 5.74) is 3.98. The first kappa shape index (κ1) is 17.3. The van der Waals surface area contributed by atoms with Crippen LogP contribution in [0.4, 0.5) is 0 Å². The number of tetrazole rings is 1. The Balaban J connectivity index is 1.45. The van der Waals surface area contributed by atoms with Crippen LogP contribution in [-0.4, -0.2) is 44.8 Å². The van der Waals surface area contributed by atoms with E-state index in [1.807, 2.05) is 18.4 Å². The van der Waals surface area contributed by atoms with Gasteiger partial charge in [-0.3, -0.25) is 4.90 Å². The summed E-state index contributed by atoms with van der Waals surface area (Å²) in [6.45, 7) is 7.69. The van der Waals surface area contributed by atoms with Crippen molar-refractivity contribution in [2.75, 3.05) is 19.7 Å². The number of aryl methyl sites for hydroxylation is 3. The zero-order chi connectivity index (χ0) is 18.1. The molecule has 7 heteroatoms. The highest BCUT2D eigenvalue weighted by Crippen LogP contribution is 2.31. The third-order valence-corrected chi connectivity index (χ3v) is 6.04. The molecule has 0 aliphatic carbocycles. The molecule has 0 saturated carbocycles. The third-order valence-electron chi connectivity index (χ3n) is 4.92. The maximum atomic E-state index is 5.87. The summed E-state index contributed by atoms with van der Waals surface area (Å²) in [5, 5.41) is 11.7. The summed E-state index contributed by atoms with van der Waals surface area (Å²) in [6.07, 6.45) is -0.0667. The first-order valence-corrected chi connectivity index (χ1v) is 9.64. The monoisotopic (exact) mass is 369 g/mol. The van der Waals surface area contributed by atoms with E-state index in [-0.39, 0.29) is 6.10 Å². The number of nitrogens with zero attached hydrogens (tertiary/aromatic N) is 5. The minimum absolute atomic E-state index is 0.0667. The number of hydrogen-bond acceptors (Lipinski definition) is 6. The molecule has 0 amide bonds. The van der Waals surface area contributed by atoms with Gasteiger partial charge in [0, 0.05) is 36.4 Å². The van der Waals surface area contributed by atoms with Crippen LogP contribution in [0, 0.1) is 13.8 Å². The molecule has 1 fully saturated rings. The van der Waals surface area contributed by atoms with Crippen LogP contribution in [0.2, 0.25) is 0 Å². The second-order valence-corrected chi connectivity index (χ2v) is 7.99. The molecule has 1 unspecified atom stereocenters. The fraction of sp³-hybridized carbons (Fsp3) is 0.421. The summed E-state index contributed by atoms with van der Waals surface area (Å²) in [4.78, 5) is 5.11. The van der Waals surface area contributed by atoms with Gasteiger partial charge in [0.2, 0.25) is 0 Å². The van der Waals surface area contributed by atoms with Crippen LogP contribution in [0.1, 0.15) is 27.9 Å². The number of aromatic nitrogens is 4. The van der Waals surface area contributed by atoms with Crippen molar-refractivity contribution in [3.63, 3.8) is 0 Å². The standard InChI is InChI=1S/C19H23N5OS/c1-13-4-5-15(10-14(13)2)18-7-6-16(26-18)11-24-8-9-25-17(12-24)19-20-21-22-23(19)3/h4-7,10,17H,8-9,11-12H2,1-3H3. The molecule has 1 aromatic carbocycles. The van der Waals surface area contributed by atoms with Gasteiger partial charge in [0.1, 0.15) is 6.10 Å². The smallest absolute Gasteiger partial charge is 0.181 e.